The number of hydrogen-bond donors (Lipinski definition) is 0. The normalized spacial score (nSPS) is 48.1. The van der Waals surface area contributed by atoms with Crippen molar-refractivity contribution in [3.8, 4) is 0 Å². The van der Waals surface area contributed by atoms with Crippen LogP contribution in [-0.4, -0.2) is 0 Å². The largest absolute Gasteiger partial charge is 0.0991 e. The molecule has 0 aromatic carbocycles. The highest BCUT2D eigenvalue weighted by Gasteiger charge is 2.57. The quantitative estimate of drug-likeness (QED) is 0.476. The summed E-state index contributed by atoms with van der Waals surface area (Å²) in [4.78, 5) is 0. The number of fused-ring (bicyclic) bond motifs is 5. The molecule has 0 heterocycles. The SMILES string of the molecule is C=CC=C(C)C1=CC[C@H]2[C@@H]3CCC4CCCC[C@]4(C)[C@H]3CC[C@]12C. The first-order valence-corrected chi connectivity index (χ1v) is 10.5. The van der Waals surface area contributed by atoms with Crippen molar-refractivity contribution in [1.82, 2.24) is 0 Å². The molecule has 0 bridgehead atoms. The average molecular weight is 325 g/mol. The molecule has 0 aliphatic heterocycles. The van der Waals surface area contributed by atoms with Gasteiger partial charge in [0.15, 0.2) is 0 Å². The second kappa shape index (κ2) is 5.89. The van der Waals surface area contributed by atoms with Crippen LogP contribution in [0.5, 0.6) is 0 Å². The van der Waals surface area contributed by atoms with E-state index in [1.54, 1.807) is 5.57 Å². The first-order valence-electron chi connectivity index (χ1n) is 10.5. The van der Waals surface area contributed by atoms with Gasteiger partial charge in [-0.3, -0.25) is 0 Å². The van der Waals surface area contributed by atoms with Gasteiger partial charge in [0.05, 0.1) is 0 Å². The molecule has 0 radical (unpaired) electrons. The Morgan fingerprint density at radius 2 is 1.92 bits per heavy atom. The van der Waals surface area contributed by atoms with E-state index in [4.69, 9.17) is 0 Å². The highest BCUT2D eigenvalue weighted by Crippen LogP contribution is 2.66. The molecule has 3 saturated carbocycles. The zero-order valence-electron chi connectivity index (χ0n) is 16.1. The zero-order chi connectivity index (χ0) is 16.9. The van der Waals surface area contributed by atoms with Crippen LogP contribution in [0.2, 0.25) is 0 Å². The molecule has 1 unspecified atom stereocenters. The van der Waals surface area contributed by atoms with Crippen LogP contribution in [0, 0.1) is 34.5 Å². The van der Waals surface area contributed by atoms with Gasteiger partial charge in [0.25, 0.3) is 0 Å². The van der Waals surface area contributed by atoms with E-state index in [0.717, 1.165) is 23.7 Å². The molecule has 4 rings (SSSR count). The molecule has 0 N–H and O–H groups in total. The molecule has 0 spiro atoms. The van der Waals surface area contributed by atoms with Gasteiger partial charge >= 0.3 is 0 Å². The minimum Gasteiger partial charge on any atom is -0.0991 e. The van der Waals surface area contributed by atoms with E-state index in [1.165, 1.54) is 63.4 Å². The van der Waals surface area contributed by atoms with Crippen molar-refractivity contribution in [2.45, 2.75) is 78.6 Å². The van der Waals surface area contributed by atoms with Crippen LogP contribution >= 0.6 is 0 Å². The lowest BCUT2D eigenvalue weighted by Crippen LogP contribution is -2.52. The Kier molecular flexibility index (Phi) is 4.09. The second-order valence-corrected chi connectivity index (χ2v) is 9.80. The minimum atomic E-state index is 0.433. The summed E-state index contributed by atoms with van der Waals surface area (Å²) >= 11 is 0. The average Bonchev–Trinajstić information content (AvgIpc) is 2.92. The van der Waals surface area contributed by atoms with E-state index in [-0.39, 0.29) is 0 Å². The van der Waals surface area contributed by atoms with Crippen molar-refractivity contribution in [2.24, 2.45) is 34.5 Å². The number of allylic oxidation sites excluding steroid dienone is 5. The Morgan fingerprint density at radius 3 is 2.71 bits per heavy atom. The minimum absolute atomic E-state index is 0.433. The predicted molar refractivity (Wildman–Crippen MR) is 104 cm³/mol. The van der Waals surface area contributed by atoms with Crippen LogP contribution in [0.4, 0.5) is 0 Å². The molecule has 6 atom stereocenters. The number of rotatable bonds is 2. The Morgan fingerprint density at radius 1 is 1.08 bits per heavy atom. The summed E-state index contributed by atoms with van der Waals surface area (Å²) in [5.74, 6) is 3.92. The molecular weight excluding hydrogens is 288 g/mol. The van der Waals surface area contributed by atoms with Crippen molar-refractivity contribution < 1.29 is 0 Å². The molecule has 4 aliphatic carbocycles. The van der Waals surface area contributed by atoms with Crippen molar-refractivity contribution in [3.63, 3.8) is 0 Å². The molecule has 0 heteroatoms. The van der Waals surface area contributed by atoms with E-state index >= 15 is 0 Å². The highest BCUT2D eigenvalue weighted by atomic mass is 14.6. The maximum absolute atomic E-state index is 3.92. The molecule has 132 valence electrons. The smallest absolute Gasteiger partial charge is 0.00418 e. The van der Waals surface area contributed by atoms with Crippen LogP contribution in [0.1, 0.15) is 78.6 Å². The predicted octanol–water partition coefficient (Wildman–Crippen LogP) is 7.09. The van der Waals surface area contributed by atoms with E-state index in [1.807, 2.05) is 6.08 Å². The Labute approximate surface area is 149 Å². The van der Waals surface area contributed by atoms with Crippen molar-refractivity contribution >= 4 is 0 Å². The lowest BCUT2D eigenvalue weighted by Gasteiger charge is -2.60. The molecule has 24 heavy (non-hydrogen) atoms. The summed E-state index contributed by atoms with van der Waals surface area (Å²) in [6.45, 7) is 11.5. The molecule has 0 nitrogen and oxygen atoms in total. The van der Waals surface area contributed by atoms with Crippen LogP contribution < -0.4 is 0 Å². The van der Waals surface area contributed by atoms with Gasteiger partial charge in [0, 0.05) is 0 Å². The van der Waals surface area contributed by atoms with Crippen molar-refractivity contribution in [1.29, 1.82) is 0 Å². The van der Waals surface area contributed by atoms with E-state index < -0.39 is 0 Å². The van der Waals surface area contributed by atoms with Gasteiger partial charge in [-0.15, -0.1) is 0 Å². The Balaban J connectivity index is 1.62. The van der Waals surface area contributed by atoms with Crippen molar-refractivity contribution in [2.75, 3.05) is 0 Å². The summed E-state index contributed by atoms with van der Waals surface area (Å²) in [6.07, 6.45) is 20.0. The molecule has 3 fully saturated rings. The summed E-state index contributed by atoms with van der Waals surface area (Å²) in [6, 6.07) is 0. The molecule has 0 aromatic heterocycles. The lowest BCUT2D eigenvalue weighted by molar-refractivity contribution is -0.0984. The second-order valence-electron chi connectivity index (χ2n) is 9.80. The fourth-order valence-corrected chi connectivity index (χ4v) is 7.74. The monoisotopic (exact) mass is 324 g/mol. The lowest BCUT2D eigenvalue weighted by atomic mass is 9.45. The van der Waals surface area contributed by atoms with Gasteiger partial charge < -0.3 is 0 Å². The zero-order valence-corrected chi connectivity index (χ0v) is 16.1. The topological polar surface area (TPSA) is 0 Å². The van der Waals surface area contributed by atoms with Gasteiger partial charge in [-0.25, -0.2) is 0 Å². The summed E-state index contributed by atoms with van der Waals surface area (Å²) in [7, 11) is 0. The maximum atomic E-state index is 3.92. The van der Waals surface area contributed by atoms with Crippen LogP contribution in [-0.2, 0) is 0 Å². The third-order valence-corrected chi connectivity index (χ3v) is 8.96. The summed E-state index contributed by atoms with van der Waals surface area (Å²) in [5, 5.41) is 0. The van der Waals surface area contributed by atoms with Gasteiger partial charge in [0.1, 0.15) is 0 Å². The standard InChI is InChI=1S/C24H36/c1-5-8-17(2)20-12-13-21-19-11-10-18-9-6-7-15-23(18,3)22(19)14-16-24(20,21)4/h5,8,12,18-19,21-22H,1,6-7,9-11,13-16H2,2-4H3/t18?,19-,21-,22-,23-,24+/m0/s1. The van der Waals surface area contributed by atoms with Crippen LogP contribution in [0.3, 0.4) is 0 Å². The highest BCUT2D eigenvalue weighted by molar-refractivity contribution is 5.41. The van der Waals surface area contributed by atoms with Crippen LogP contribution in [0.25, 0.3) is 0 Å². The first-order chi connectivity index (χ1) is 11.5. The molecular formula is C24H36. The Bertz CT molecular complexity index is 579. The van der Waals surface area contributed by atoms with Gasteiger partial charge in [-0.05, 0) is 97.5 Å². The Hall–Kier alpha value is -0.780. The van der Waals surface area contributed by atoms with Gasteiger partial charge in [0.2, 0.25) is 0 Å². The summed E-state index contributed by atoms with van der Waals surface area (Å²) in [5.41, 5.74) is 4.22. The van der Waals surface area contributed by atoms with E-state index in [2.05, 4.69) is 39.5 Å². The fourth-order valence-electron chi connectivity index (χ4n) is 7.74. The van der Waals surface area contributed by atoms with E-state index in [9.17, 15) is 0 Å². The summed E-state index contributed by atoms with van der Waals surface area (Å²) < 4.78 is 0. The molecule has 0 amide bonds. The third-order valence-electron chi connectivity index (χ3n) is 8.96. The molecule has 0 saturated heterocycles. The molecule has 0 aromatic rings. The van der Waals surface area contributed by atoms with Gasteiger partial charge in [-0.1, -0.05) is 51.5 Å². The van der Waals surface area contributed by atoms with Gasteiger partial charge in [-0.2, -0.15) is 0 Å². The fraction of sp³-hybridized carbons (Fsp3) is 0.750. The molecule has 4 aliphatic rings. The van der Waals surface area contributed by atoms with Crippen LogP contribution in [0.15, 0.2) is 36.0 Å². The maximum Gasteiger partial charge on any atom is -0.00418 e. The van der Waals surface area contributed by atoms with E-state index in [0.29, 0.717) is 10.8 Å². The number of hydrogen-bond acceptors (Lipinski definition) is 0. The third kappa shape index (κ3) is 2.24. The van der Waals surface area contributed by atoms with Crippen molar-refractivity contribution in [3.05, 3.63) is 36.0 Å². The first kappa shape index (κ1) is 16.7.